The number of benzene rings is 2. The van der Waals surface area contributed by atoms with Gasteiger partial charge in [-0.2, -0.15) is 0 Å². The largest absolute Gasteiger partial charge is 0.388 e. The standard InChI is InChI=1S/C22H27NO3/c1-4-5-11-20(22(26)23(3)19-9-7-6-8-10-19)21(25)18-14-12-17(13-15-18)16(2)24/h6-10,12-15,20-21,25H,4-5,11H2,1-3H3/t20-,21-/m0/s1. The van der Waals surface area contributed by atoms with Crippen LogP contribution in [0.2, 0.25) is 0 Å². The second-order valence-electron chi connectivity index (χ2n) is 6.60. The predicted octanol–water partition coefficient (Wildman–Crippen LogP) is 4.39. The van der Waals surface area contributed by atoms with Crippen molar-refractivity contribution in [1.82, 2.24) is 0 Å². The van der Waals surface area contributed by atoms with Gasteiger partial charge in [-0.3, -0.25) is 9.59 Å². The lowest BCUT2D eigenvalue weighted by molar-refractivity contribution is -0.126. The van der Waals surface area contributed by atoms with Gasteiger partial charge in [-0.15, -0.1) is 0 Å². The van der Waals surface area contributed by atoms with E-state index < -0.39 is 12.0 Å². The number of carbonyl (C=O) groups is 2. The number of anilines is 1. The van der Waals surface area contributed by atoms with Gasteiger partial charge in [0.1, 0.15) is 0 Å². The van der Waals surface area contributed by atoms with Crippen LogP contribution in [-0.4, -0.2) is 23.8 Å². The SMILES string of the molecule is CCCC[C@H](C(=O)N(C)c1ccccc1)[C@@H](O)c1ccc(C(C)=O)cc1. The van der Waals surface area contributed by atoms with Crippen molar-refractivity contribution in [2.75, 3.05) is 11.9 Å². The number of carbonyl (C=O) groups excluding carboxylic acids is 2. The van der Waals surface area contributed by atoms with Crippen LogP contribution >= 0.6 is 0 Å². The van der Waals surface area contributed by atoms with Gasteiger partial charge in [0, 0.05) is 18.3 Å². The molecule has 0 saturated carbocycles. The molecule has 0 aromatic heterocycles. The zero-order valence-corrected chi connectivity index (χ0v) is 15.7. The van der Waals surface area contributed by atoms with Crippen LogP contribution in [0.5, 0.6) is 0 Å². The molecule has 2 aromatic rings. The van der Waals surface area contributed by atoms with Crippen molar-refractivity contribution in [2.45, 2.75) is 39.2 Å². The number of aliphatic hydroxyl groups is 1. The van der Waals surface area contributed by atoms with Crippen LogP contribution in [0.25, 0.3) is 0 Å². The Morgan fingerprint density at radius 1 is 1.04 bits per heavy atom. The van der Waals surface area contributed by atoms with Gasteiger partial charge in [0.15, 0.2) is 5.78 Å². The molecule has 0 spiro atoms. The van der Waals surface area contributed by atoms with Gasteiger partial charge in [0.05, 0.1) is 12.0 Å². The fourth-order valence-corrected chi connectivity index (χ4v) is 3.02. The molecule has 0 radical (unpaired) electrons. The van der Waals surface area contributed by atoms with Crippen molar-refractivity contribution in [3.05, 3.63) is 65.7 Å². The minimum atomic E-state index is -0.902. The van der Waals surface area contributed by atoms with Crippen LogP contribution in [-0.2, 0) is 4.79 Å². The maximum atomic E-state index is 13.1. The lowest BCUT2D eigenvalue weighted by Crippen LogP contribution is -2.36. The molecule has 2 rings (SSSR count). The minimum Gasteiger partial charge on any atom is -0.388 e. The highest BCUT2D eigenvalue weighted by molar-refractivity contribution is 5.95. The van der Waals surface area contributed by atoms with Gasteiger partial charge >= 0.3 is 0 Å². The zero-order chi connectivity index (χ0) is 19.1. The molecular weight excluding hydrogens is 326 g/mol. The molecular formula is C22H27NO3. The summed E-state index contributed by atoms with van der Waals surface area (Å²) >= 11 is 0. The molecule has 0 unspecified atom stereocenters. The van der Waals surface area contributed by atoms with E-state index in [-0.39, 0.29) is 11.7 Å². The summed E-state index contributed by atoms with van der Waals surface area (Å²) < 4.78 is 0. The van der Waals surface area contributed by atoms with Crippen molar-refractivity contribution >= 4 is 17.4 Å². The summed E-state index contributed by atoms with van der Waals surface area (Å²) in [6.45, 7) is 3.57. The Hall–Kier alpha value is -2.46. The number of hydrogen-bond donors (Lipinski definition) is 1. The molecule has 0 aliphatic heterocycles. The third-order valence-corrected chi connectivity index (χ3v) is 4.70. The fraction of sp³-hybridized carbons (Fsp3) is 0.364. The molecule has 0 aliphatic carbocycles. The molecule has 1 amide bonds. The molecule has 0 aliphatic rings. The summed E-state index contributed by atoms with van der Waals surface area (Å²) in [5.41, 5.74) is 2.06. The van der Waals surface area contributed by atoms with Crippen molar-refractivity contribution in [1.29, 1.82) is 0 Å². The van der Waals surface area contributed by atoms with Crippen LogP contribution in [0, 0.1) is 5.92 Å². The van der Waals surface area contributed by atoms with Gasteiger partial charge < -0.3 is 10.0 Å². The first kappa shape index (κ1) is 19.9. The van der Waals surface area contributed by atoms with E-state index in [4.69, 9.17) is 0 Å². The average Bonchev–Trinajstić information content (AvgIpc) is 2.68. The van der Waals surface area contributed by atoms with E-state index in [1.54, 1.807) is 36.2 Å². The monoisotopic (exact) mass is 353 g/mol. The van der Waals surface area contributed by atoms with Crippen molar-refractivity contribution in [3.8, 4) is 0 Å². The summed E-state index contributed by atoms with van der Waals surface area (Å²) in [4.78, 5) is 26.1. The average molecular weight is 353 g/mol. The summed E-state index contributed by atoms with van der Waals surface area (Å²) in [6.07, 6.45) is 1.53. The smallest absolute Gasteiger partial charge is 0.232 e. The van der Waals surface area contributed by atoms with Crippen LogP contribution in [0.3, 0.4) is 0 Å². The number of Topliss-reactive ketones (excluding diaryl/α,β-unsaturated/α-hetero) is 1. The Morgan fingerprint density at radius 3 is 2.19 bits per heavy atom. The van der Waals surface area contributed by atoms with E-state index in [9.17, 15) is 14.7 Å². The number of hydrogen-bond acceptors (Lipinski definition) is 3. The molecule has 0 heterocycles. The van der Waals surface area contributed by atoms with E-state index in [1.165, 1.54) is 6.92 Å². The normalized spacial score (nSPS) is 13.1. The molecule has 1 N–H and O–H groups in total. The Labute approximate surface area is 155 Å². The van der Waals surface area contributed by atoms with E-state index >= 15 is 0 Å². The predicted molar refractivity (Wildman–Crippen MR) is 104 cm³/mol. The zero-order valence-electron chi connectivity index (χ0n) is 15.7. The van der Waals surface area contributed by atoms with Gasteiger partial charge in [-0.25, -0.2) is 0 Å². The highest BCUT2D eigenvalue weighted by atomic mass is 16.3. The molecule has 4 nitrogen and oxygen atoms in total. The highest BCUT2D eigenvalue weighted by Crippen LogP contribution is 2.29. The Balaban J connectivity index is 2.24. The molecule has 26 heavy (non-hydrogen) atoms. The Morgan fingerprint density at radius 2 is 1.65 bits per heavy atom. The van der Waals surface area contributed by atoms with Gasteiger partial charge in [-0.05, 0) is 31.0 Å². The van der Waals surface area contributed by atoms with E-state index in [0.29, 0.717) is 17.5 Å². The molecule has 0 saturated heterocycles. The lowest BCUT2D eigenvalue weighted by Gasteiger charge is -2.27. The quantitative estimate of drug-likeness (QED) is 0.716. The van der Waals surface area contributed by atoms with Crippen LogP contribution in [0.4, 0.5) is 5.69 Å². The maximum Gasteiger partial charge on any atom is 0.232 e. The molecule has 0 bridgehead atoms. The number of para-hydroxylation sites is 1. The number of unbranched alkanes of at least 4 members (excludes halogenated alkanes) is 1. The first-order valence-electron chi connectivity index (χ1n) is 9.07. The molecule has 4 heteroatoms. The summed E-state index contributed by atoms with van der Waals surface area (Å²) in [7, 11) is 1.74. The summed E-state index contributed by atoms with van der Waals surface area (Å²) in [6, 6.07) is 16.3. The summed E-state index contributed by atoms with van der Waals surface area (Å²) in [5, 5.41) is 10.9. The topological polar surface area (TPSA) is 57.6 Å². The number of aliphatic hydroxyl groups excluding tert-OH is 1. The van der Waals surface area contributed by atoms with Gasteiger partial charge in [0.25, 0.3) is 0 Å². The summed E-state index contributed by atoms with van der Waals surface area (Å²) in [5.74, 6) is -0.649. The van der Waals surface area contributed by atoms with E-state index in [1.807, 2.05) is 30.3 Å². The molecule has 0 fully saturated rings. The number of ketones is 1. The van der Waals surface area contributed by atoms with Crippen molar-refractivity contribution in [2.24, 2.45) is 5.92 Å². The molecule has 2 aromatic carbocycles. The number of nitrogens with zero attached hydrogens (tertiary/aromatic N) is 1. The van der Waals surface area contributed by atoms with Crippen LogP contribution < -0.4 is 4.90 Å². The third kappa shape index (κ3) is 4.79. The molecule has 138 valence electrons. The second-order valence-corrected chi connectivity index (χ2v) is 6.60. The third-order valence-electron chi connectivity index (χ3n) is 4.70. The van der Waals surface area contributed by atoms with E-state index in [2.05, 4.69) is 6.92 Å². The second kappa shape index (κ2) is 9.30. The Bertz CT molecular complexity index is 725. The van der Waals surface area contributed by atoms with Crippen LogP contribution in [0.1, 0.15) is 55.1 Å². The number of amides is 1. The minimum absolute atomic E-state index is 0.0199. The van der Waals surface area contributed by atoms with Crippen molar-refractivity contribution in [3.63, 3.8) is 0 Å². The molecule has 2 atom stereocenters. The lowest BCUT2D eigenvalue weighted by atomic mass is 9.89. The first-order valence-corrected chi connectivity index (χ1v) is 9.07. The van der Waals surface area contributed by atoms with Crippen molar-refractivity contribution < 1.29 is 14.7 Å². The highest BCUT2D eigenvalue weighted by Gasteiger charge is 2.30. The van der Waals surface area contributed by atoms with Gasteiger partial charge in [0.2, 0.25) is 5.91 Å². The fourth-order valence-electron chi connectivity index (χ4n) is 3.02. The Kier molecular flexibility index (Phi) is 7.10. The first-order chi connectivity index (χ1) is 12.5. The van der Waals surface area contributed by atoms with Gasteiger partial charge in [-0.1, -0.05) is 62.2 Å². The van der Waals surface area contributed by atoms with Crippen LogP contribution in [0.15, 0.2) is 54.6 Å². The van der Waals surface area contributed by atoms with E-state index in [0.717, 1.165) is 18.5 Å². The maximum absolute atomic E-state index is 13.1. The number of rotatable bonds is 8.